The molecule has 0 fully saturated rings. The van der Waals surface area contributed by atoms with Gasteiger partial charge in [0, 0.05) is 36.4 Å². The number of rotatable bonds is 4. The molecule has 3 aromatic carbocycles. The minimum absolute atomic E-state index is 0.0561. The highest BCUT2D eigenvalue weighted by atomic mass is 19.1. The molecule has 204 valence electrons. The number of fused-ring (bicyclic) bond motifs is 5. The molecule has 0 aliphatic carbocycles. The zero-order valence-electron chi connectivity index (χ0n) is 22.2. The number of hydrogen-bond donors (Lipinski definition) is 0. The zero-order chi connectivity index (χ0) is 27.5. The number of benzene rings is 3. The van der Waals surface area contributed by atoms with Crippen LogP contribution in [0.5, 0.6) is 11.5 Å². The summed E-state index contributed by atoms with van der Waals surface area (Å²) in [7, 11) is 0. The first kappa shape index (κ1) is 25.9. The number of hydrogen-bond acceptors (Lipinski definition) is 5. The lowest BCUT2D eigenvalue weighted by molar-refractivity contribution is 0.0865. The van der Waals surface area contributed by atoms with Crippen LogP contribution in [0.15, 0.2) is 95.9 Å². The van der Waals surface area contributed by atoms with Gasteiger partial charge in [0.25, 0.3) is 0 Å². The van der Waals surface area contributed by atoms with Crippen molar-refractivity contribution in [3.8, 4) is 11.5 Å². The lowest BCUT2D eigenvalue weighted by Crippen LogP contribution is -2.51. The molecule has 0 radical (unpaired) electrons. The van der Waals surface area contributed by atoms with Gasteiger partial charge in [0.1, 0.15) is 18.2 Å². The van der Waals surface area contributed by atoms with Gasteiger partial charge in [-0.15, -0.1) is 0 Å². The van der Waals surface area contributed by atoms with Crippen molar-refractivity contribution in [3.63, 3.8) is 0 Å². The average molecular weight is 539 g/mol. The van der Waals surface area contributed by atoms with Gasteiger partial charge in [-0.05, 0) is 36.1 Å². The molecule has 1 aromatic heterocycles. The average Bonchev–Trinajstić information content (AvgIpc) is 2.97. The van der Waals surface area contributed by atoms with E-state index in [1.165, 1.54) is 18.2 Å². The molecule has 2 unspecified atom stereocenters. The van der Waals surface area contributed by atoms with Crippen LogP contribution in [0.1, 0.15) is 58.9 Å². The molecule has 6 rings (SSSR count). The van der Waals surface area contributed by atoms with E-state index in [-0.39, 0.29) is 41.0 Å². The first-order valence-electron chi connectivity index (χ1n) is 13.8. The lowest BCUT2D eigenvalue weighted by Gasteiger charge is -2.43. The second-order valence-electron chi connectivity index (χ2n) is 10.4. The molecule has 2 bridgehead atoms. The van der Waals surface area contributed by atoms with E-state index >= 15 is 0 Å². The number of carbonyl (C=O) groups excluding carboxylic acids is 1. The third-order valence-electron chi connectivity index (χ3n) is 7.69. The summed E-state index contributed by atoms with van der Waals surface area (Å²) in [5, 5.41) is 2.09. The van der Waals surface area contributed by atoms with Gasteiger partial charge in [-0.1, -0.05) is 73.5 Å². The van der Waals surface area contributed by atoms with Crippen LogP contribution < -0.4 is 19.9 Å². The fourth-order valence-corrected chi connectivity index (χ4v) is 5.72. The first-order valence-corrected chi connectivity index (χ1v) is 13.8. The van der Waals surface area contributed by atoms with E-state index in [0.717, 1.165) is 36.0 Å². The van der Waals surface area contributed by atoms with Gasteiger partial charge in [0.15, 0.2) is 17.2 Å². The standard InChI is InChI=1S/C33H31FN2O4/c34-26-15-16-27-29(20-26)39-19-9-3-8-14-25-21-36(30(27)24-12-6-2-7-13-24)35-18-17-28(37)33(31(35)32(25)38)40-22-23-10-4-1-5-11-23/h1-2,4-7,10-13,15-18,20,25,30H,3,8-9,14,19,21-22H2. The van der Waals surface area contributed by atoms with Crippen LogP contribution in [-0.2, 0) is 6.61 Å². The molecule has 3 heterocycles. The molecule has 6 nitrogen and oxygen atoms in total. The highest BCUT2D eigenvalue weighted by Gasteiger charge is 2.39. The molecule has 2 aliphatic rings. The second kappa shape index (κ2) is 11.4. The Morgan fingerprint density at radius 2 is 1.68 bits per heavy atom. The smallest absolute Gasteiger partial charge is 0.224 e. The molecular weight excluding hydrogens is 507 g/mol. The monoisotopic (exact) mass is 538 g/mol. The van der Waals surface area contributed by atoms with E-state index in [4.69, 9.17) is 9.47 Å². The topological polar surface area (TPSA) is 60.8 Å². The highest BCUT2D eigenvalue weighted by Crippen LogP contribution is 2.39. The summed E-state index contributed by atoms with van der Waals surface area (Å²) in [4.78, 5) is 27.2. The van der Waals surface area contributed by atoms with Gasteiger partial charge in [-0.2, -0.15) is 0 Å². The van der Waals surface area contributed by atoms with Crippen LogP contribution in [0.3, 0.4) is 0 Å². The van der Waals surface area contributed by atoms with Crippen molar-refractivity contribution in [1.29, 1.82) is 0 Å². The van der Waals surface area contributed by atoms with Crippen LogP contribution in [0, 0.1) is 11.7 Å². The third kappa shape index (κ3) is 5.11. The Kier molecular flexibility index (Phi) is 7.36. The molecule has 0 saturated carbocycles. The molecule has 0 amide bonds. The number of pyridine rings is 1. The third-order valence-corrected chi connectivity index (χ3v) is 7.69. The van der Waals surface area contributed by atoms with Crippen molar-refractivity contribution < 1.29 is 18.7 Å². The number of ketones is 1. The quantitative estimate of drug-likeness (QED) is 0.316. The van der Waals surface area contributed by atoms with Gasteiger partial charge >= 0.3 is 0 Å². The molecule has 0 spiro atoms. The summed E-state index contributed by atoms with van der Waals surface area (Å²) < 4.78 is 28.5. The first-order chi connectivity index (χ1) is 19.6. The number of ether oxygens (including phenoxy) is 2. The normalized spacial score (nSPS) is 18.9. The van der Waals surface area contributed by atoms with Crippen LogP contribution in [0.25, 0.3) is 0 Å². The van der Waals surface area contributed by atoms with Crippen LogP contribution in [0.2, 0.25) is 0 Å². The number of nitrogens with zero attached hydrogens (tertiary/aromatic N) is 2. The van der Waals surface area contributed by atoms with Crippen molar-refractivity contribution in [1.82, 2.24) is 4.68 Å². The Bertz CT molecular complexity index is 1550. The van der Waals surface area contributed by atoms with E-state index in [1.807, 2.05) is 60.7 Å². The molecule has 4 aromatic rings. The van der Waals surface area contributed by atoms with Gasteiger partial charge < -0.3 is 9.47 Å². The maximum absolute atomic E-state index is 14.5. The lowest BCUT2D eigenvalue weighted by atomic mass is 9.89. The Balaban J connectivity index is 1.53. The minimum Gasteiger partial charge on any atom is -0.493 e. The fourth-order valence-electron chi connectivity index (χ4n) is 5.72. The zero-order valence-corrected chi connectivity index (χ0v) is 22.2. The maximum Gasteiger partial charge on any atom is 0.224 e. The van der Waals surface area contributed by atoms with E-state index in [2.05, 4.69) is 5.01 Å². The van der Waals surface area contributed by atoms with Crippen molar-refractivity contribution in [3.05, 3.63) is 130 Å². The maximum atomic E-state index is 14.5. The fraction of sp³-hybridized carbons (Fsp3) is 0.273. The molecule has 0 saturated heterocycles. The van der Waals surface area contributed by atoms with Crippen molar-refractivity contribution in [2.24, 2.45) is 5.92 Å². The summed E-state index contributed by atoms with van der Waals surface area (Å²) in [6, 6.07) is 25.2. The Hall–Kier alpha value is -4.39. The summed E-state index contributed by atoms with van der Waals surface area (Å²) >= 11 is 0. The largest absolute Gasteiger partial charge is 0.493 e. The van der Waals surface area contributed by atoms with Crippen molar-refractivity contribution in [2.45, 2.75) is 38.3 Å². The minimum atomic E-state index is -0.407. The Morgan fingerprint density at radius 3 is 2.48 bits per heavy atom. The molecular formula is C33H31FN2O4. The number of Topliss-reactive ketones (excluding diaryl/α,β-unsaturated/α-hetero) is 1. The van der Waals surface area contributed by atoms with Gasteiger partial charge in [0.2, 0.25) is 5.43 Å². The SMILES string of the molecule is O=C1c2c(OCc3ccccc3)c(=O)ccn2N2CC1CCCCCOc1cc(F)ccc1C2c1ccccc1. The Labute approximate surface area is 232 Å². The van der Waals surface area contributed by atoms with Crippen molar-refractivity contribution in [2.75, 3.05) is 18.2 Å². The summed E-state index contributed by atoms with van der Waals surface area (Å²) in [6.45, 7) is 1.07. The second-order valence-corrected chi connectivity index (χ2v) is 10.4. The van der Waals surface area contributed by atoms with Crippen LogP contribution in [-0.4, -0.2) is 23.6 Å². The molecule has 40 heavy (non-hydrogen) atoms. The molecule has 2 aliphatic heterocycles. The van der Waals surface area contributed by atoms with Gasteiger partial charge in [0.05, 0.1) is 12.6 Å². The Morgan fingerprint density at radius 1 is 0.900 bits per heavy atom. The van der Waals surface area contributed by atoms with E-state index < -0.39 is 6.04 Å². The van der Waals surface area contributed by atoms with Crippen LogP contribution in [0.4, 0.5) is 4.39 Å². The summed E-state index contributed by atoms with van der Waals surface area (Å²) in [5.41, 5.74) is 2.57. The highest BCUT2D eigenvalue weighted by molar-refractivity contribution is 6.00. The van der Waals surface area contributed by atoms with Gasteiger partial charge in [-0.3, -0.25) is 19.3 Å². The predicted molar refractivity (Wildman–Crippen MR) is 151 cm³/mol. The van der Waals surface area contributed by atoms with Gasteiger partial charge in [-0.25, -0.2) is 4.39 Å². The number of halogens is 1. The molecule has 2 atom stereocenters. The van der Waals surface area contributed by atoms with Crippen LogP contribution >= 0.6 is 0 Å². The van der Waals surface area contributed by atoms with Crippen molar-refractivity contribution >= 4 is 5.78 Å². The predicted octanol–water partition coefficient (Wildman–Crippen LogP) is 6.06. The van der Waals surface area contributed by atoms with E-state index in [9.17, 15) is 14.0 Å². The summed E-state index contributed by atoms with van der Waals surface area (Å²) in [6.07, 6.45) is 4.87. The summed E-state index contributed by atoms with van der Waals surface area (Å²) in [5.74, 6) is -0.246. The molecule has 7 heteroatoms. The number of carbonyl (C=O) groups is 1. The number of aromatic nitrogens is 1. The van der Waals surface area contributed by atoms with E-state index in [0.29, 0.717) is 25.3 Å². The molecule has 0 N–H and O–H groups in total. The van der Waals surface area contributed by atoms with E-state index in [1.54, 1.807) is 16.9 Å².